The first-order valence-corrected chi connectivity index (χ1v) is 7.37. The number of para-hydroxylation sites is 1. The summed E-state index contributed by atoms with van der Waals surface area (Å²) in [6.07, 6.45) is 1.15. The predicted octanol–water partition coefficient (Wildman–Crippen LogP) is 2.59. The lowest BCUT2D eigenvalue weighted by atomic mass is 9.95. The molecule has 1 heterocycles. The Labute approximate surface area is 124 Å². The molecule has 21 heavy (non-hydrogen) atoms. The third-order valence-electron chi connectivity index (χ3n) is 3.88. The summed E-state index contributed by atoms with van der Waals surface area (Å²) in [5.74, 6) is 0.521. The molecule has 1 N–H and O–H groups in total. The van der Waals surface area contributed by atoms with Crippen molar-refractivity contribution in [3.63, 3.8) is 0 Å². The Balaban J connectivity index is 2.32. The van der Waals surface area contributed by atoms with Gasteiger partial charge in [-0.25, -0.2) is 0 Å². The van der Waals surface area contributed by atoms with Crippen LogP contribution in [0.25, 0.3) is 0 Å². The van der Waals surface area contributed by atoms with Gasteiger partial charge in [0.1, 0.15) is 5.69 Å². The zero-order valence-electron chi connectivity index (χ0n) is 12.5. The molecule has 1 aliphatic rings. The van der Waals surface area contributed by atoms with Crippen LogP contribution in [0, 0.1) is 16.0 Å². The second-order valence-electron chi connectivity index (χ2n) is 5.51. The largest absolute Gasteiger partial charge is 0.487 e. The van der Waals surface area contributed by atoms with E-state index in [9.17, 15) is 15.2 Å². The summed E-state index contributed by atoms with van der Waals surface area (Å²) in [5, 5.41) is 21.4. The maximum atomic E-state index is 11.4. The summed E-state index contributed by atoms with van der Waals surface area (Å²) in [7, 11) is 0. The summed E-state index contributed by atoms with van der Waals surface area (Å²) in [6.45, 7) is 5.52. The summed E-state index contributed by atoms with van der Waals surface area (Å²) in [5.41, 5.74) is 0.521. The Morgan fingerprint density at radius 2 is 2.29 bits per heavy atom. The van der Waals surface area contributed by atoms with E-state index in [-0.39, 0.29) is 11.6 Å². The number of hydrogen-bond acceptors (Lipinski definition) is 5. The van der Waals surface area contributed by atoms with Crippen LogP contribution in [0.3, 0.4) is 0 Å². The molecule has 1 fully saturated rings. The Kier molecular flexibility index (Phi) is 5.01. The molecule has 6 nitrogen and oxygen atoms in total. The minimum Gasteiger partial charge on any atom is -0.487 e. The fourth-order valence-electron chi connectivity index (χ4n) is 2.55. The molecule has 2 unspecified atom stereocenters. The maximum Gasteiger partial charge on any atom is 0.333 e. The molecule has 2 rings (SSSR count). The van der Waals surface area contributed by atoms with E-state index in [0.29, 0.717) is 31.1 Å². The zero-order chi connectivity index (χ0) is 15.4. The first-order valence-electron chi connectivity index (χ1n) is 7.37. The maximum absolute atomic E-state index is 11.4. The third-order valence-corrected chi connectivity index (χ3v) is 3.88. The zero-order valence-corrected chi connectivity index (χ0v) is 12.5. The van der Waals surface area contributed by atoms with Crippen LogP contribution in [0.2, 0.25) is 0 Å². The highest BCUT2D eigenvalue weighted by Crippen LogP contribution is 2.38. The number of benzene rings is 1. The number of piperidine rings is 1. The van der Waals surface area contributed by atoms with Crippen LogP contribution < -0.4 is 9.64 Å². The van der Waals surface area contributed by atoms with Gasteiger partial charge in [0.05, 0.1) is 17.6 Å². The molecule has 0 amide bonds. The van der Waals surface area contributed by atoms with Crippen LogP contribution in [0.15, 0.2) is 18.2 Å². The number of aliphatic hydroxyl groups excluding tert-OH is 1. The number of ether oxygens (including phenoxy) is 1. The number of anilines is 1. The van der Waals surface area contributed by atoms with E-state index in [1.54, 1.807) is 18.2 Å². The van der Waals surface area contributed by atoms with Crippen LogP contribution in [0.1, 0.15) is 26.7 Å². The van der Waals surface area contributed by atoms with E-state index in [0.717, 1.165) is 12.8 Å². The topological polar surface area (TPSA) is 75.8 Å². The molecule has 1 aromatic rings. The number of β-amino-alcohol motifs (C(OH)–C–C–N with tert-alkyl or cyclic N) is 1. The van der Waals surface area contributed by atoms with E-state index in [1.807, 2.05) is 18.7 Å². The van der Waals surface area contributed by atoms with E-state index in [2.05, 4.69) is 0 Å². The molecule has 116 valence electrons. The molecule has 0 aromatic heterocycles. The highest BCUT2D eigenvalue weighted by molar-refractivity contribution is 5.70. The van der Waals surface area contributed by atoms with Crippen LogP contribution in [0.5, 0.6) is 5.75 Å². The van der Waals surface area contributed by atoms with Gasteiger partial charge in [0.25, 0.3) is 0 Å². The molecule has 1 aromatic carbocycles. The lowest BCUT2D eigenvalue weighted by Crippen LogP contribution is -2.43. The Morgan fingerprint density at radius 1 is 1.52 bits per heavy atom. The second kappa shape index (κ2) is 6.76. The number of aliphatic hydroxyl groups is 1. The summed E-state index contributed by atoms with van der Waals surface area (Å²) in [4.78, 5) is 12.9. The van der Waals surface area contributed by atoms with Gasteiger partial charge in [0.15, 0.2) is 5.75 Å². The highest BCUT2D eigenvalue weighted by atomic mass is 16.6. The highest BCUT2D eigenvalue weighted by Gasteiger charge is 2.30. The summed E-state index contributed by atoms with van der Waals surface area (Å²) < 4.78 is 5.50. The van der Waals surface area contributed by atoms with E-state index >= 15 is 0 Å². The van der Waals surface area contributed by atoms with Crippen molar-refractivity contribution in [2.75, 3.05) is 24.6 Å². The molecule has 0 radical (unpaired) electrons. The van der Waals surface area contributed by atoms with Gasteiger partial charge in [-0.1, -0.05) is 19.9 Å². The number of rotatable bonds is 5. The Hall–Kier alpha value is -1.82. The second-order valence-corrected chi connectivity index (χ2v) is 5.51. The predicted molar refractivity (Wildman–Crippen MR) is 80.9 cm³/mol. The standard InChI is InChI=1S/C15H22N2O4/c1-3-9-21-14-6-4-5-12(15(14)17(19)20)16-8-7-11(2)13(18)10-16/h4-6,11,13,18H,3,7-10H2,1-2H3. The van der Waals surface area contributed by atoms with Crippen molar-refractivity contribution in [3.05, 3.63) is 28.3 Å². The molecule has 0 spiro atoms. The van der Waals surface area contributed by atoms with E-state index < -0.39 is 11.0 Å². The third kappa shape index (κ3) is 3.44. The van der Waals surface area contributed by atoms with Gasteiger partial charge in [0, 0.05) is 13.1 Å². The van der Waals surface area contributed by atoms with Crippen molar-refractivity contribution >= 4 is 11.4 Å². The van der Waals surface area contributed by atoms with Crippen LogP contribution >= 0.6 is 0 Å². The first-order chi connectivity index (χ1) is 10.0. The molecule has 1 aliphatic heterocycles. The van der Waals surface area contributed by atoms with E-state index in [1.165, 1.54) is 0 Å². The van der Waals surface area contributed by atoms with Crippen molar-refractivity contribution in [2.45, 2.75) is 32.8 Å². The minimum absolute atomic E-state index is 0.00676. The van der Waals surface area contributed by atoms with Crippen LogP contribution in [0.4, 0.5) is 11.4 Å². The molecule has 0 aliphatic carbocycles. The number of nitro groups is 1. The van der Waals surface area contributed by atoms with Gasteiger partial charge in [0.2, 0.25) is 0 Å². The fourth-order valence-corrected chi connectivity index (χ4v) is 2.55. The lowest BCUT2D eigenvalue weighted by molar-refractivity contribution is -0.385. The normalized spacial score (nSPS) is 22.1. The molecule has 6 heteroatoms. The van der Waals surface area contributed by atoms with Crippen LogP contribution in [-0.4, -0.2) is 35.8 Å². The quantitative estimate of drug-likeness (QED) is 0.667. The van der Waals surface area contributed by atoms with Crippen molar-refractivity contribution in [1.29, 1.82) is 0 Å². The fraction of sp³-hybridized carbons (Fsp3) is 0.600. The van der Waals surface area contributed by atoms with Gasteiger partial charge >= 0.3 is 5.69 Å². The van der Waals surface area contributed by atoms with Crippen molar-refractivity contribution in [1.82, 2.24) is 0 Å². The molecular weight excluding hydrogens is 272 g/mol. The van der Waals surface area contributed by atoms with Crippen molar-refractivity contribution < 1.29 is 14.8 Å². The lowest BCUT2D eigenvalue weighted by Gasteiger charge is -2.35. The van der Waals surface area contributed by atoms with Gasteiger partial charge in [-0.3, -0.25) is 10.1 Å². The first kappa shape index (κ1) is 15.6. The monoisotopic (exact) mass is 294 g/mol. The Morgan fingerprint density at radius 3 is 2.90 bits per heavy atom. The number of nitrogens with zero attached hydrogens (tertiary/aromatic N) is 2. The molecule has 0 bridgehead atoms. The van der Waals surface area contributed by atoms with E-state index in [4.69, 9.17) is 4.74 Å². The SMILES string of the molecule is CCCOc1cccc(N2CCC(C)C(O)C2)c1[N+](=O)[O-]. The van der Waals surface area contributed by atoms with Gasteiger partial charge in [-0.05, 0) is 30.9 Å². The molecular formula is C15H22N2O4. The number of nitro benzene ring substituents is 1. The molecule has 0 saturated carbocycles. The minimum atomic E-state index is -0.460. The average Bonchev–Trinajstić information content (AvgIpc) is 2.47. The van der Waals surface area contributed by atoms with Gasteiger partial charge in [-0.2, -0.15) is 0 Å². The van der Waals surface area contributed by atoms with Gasteiger partial charge < -0.3 is 14.7 Å². The summed E-state index contributed by atoms with van der Waals surface area (Å²) in [6, 6.07) is 5.11. The number of hydrogen-bond donors (Lipinski definition) is 1. The Bertz CT molecular complexity index is 506. The van der Waals surface area contributed by atoms with Crippen molar-refractivity contribution in [3.8, 4) is 5.75 Å². The molecule has 2 atom stereocenters. The van der Waals surface area contributed by atoms with Gasteiger partial charge in [-0.15, -0.1) is 0 Å². The van der Waals surface area contributed by atoms with Crippen molar-refractivity contribution in [2.24, 2.45) is 5.92 Å². The molecule has 1 saturated heterocycles. The summed E-state index contributed by atoms with van der Waals surface area (Å²) >= 11 is 0. The van der Waals surface area contributed by atoms with Crippen LogP contribution in [-0.2, 0) is 0 Å². The smallest absolute Gasteiger partial charge is 0.333 e. The average molecular weight is 294 g/mol.